The van der Waals surface area contributed by atoms with E-state index in [1.165, 1.54) is 0 Å². The quantitative estimate of drug-likeness (QED) is 0.0716. The van der Waals surface area contributed by atoms with Gasteiger partial charge in [-0.2, -0.15) is 0 Å². The standard InChI is InChI=1S/C27H31N5O7/c1-3-37-22-13-17(15-33)12-19(24(22)39-16-23(34)38-4-2)14-30-26-21(6-5-11-29-26)27(35)31-20-9-7-18(8-10-20)25(28)32-36/h5-13,33,36H,3-4,14-16H2,1-2H3,(H2,28,32)(H,29,30)(H,31,35). The number of nitrogens with one attached hydrogen (secondary N) is 2. The van der Waals surface area contributed by atoms with Gasteiger partial charge in [0, 0.05) is 29.6 Å². The molecule has 0 unspecified atom stereocenters. The largest absolute Gasteiger partial charge is 0.490 e. The summed E-state index contributed by atoms with van der Waals surface area (Å²) in [7, 11) is 0. The van der Waals surface area contributed by atoms with E-state index in [4.69, 9.17) is 25.2 Å². The minimum atomic E-state index is -0.534. The van der Waals surface area contributed by atoms with E-state index in [1.807, 2.05) is 0 Å². The van der Waals surface area contributed by atoms with Gasteiger partial charge in [-0.3, -0.25) is 4.79 Å². The lowest BCUT2D eigenvalue weighted by molar-refractivity contribution is -0.145. The fourth-order valence-corrected chi connectivity index (χ4v) is 3.59. The first-order valence-electron chi connectivity index (χ1n) is 12.2. The van der Waals surface area contributed by atoms with Crippen LogP contribution in [0.15, 0.2) is 59.9 Å². The van der Waals surface area contributed by atoms with E-state index in [0.29, 0.717) is 46.3 Å². The fourth-order valence-electron chi connectivity index (χ4n) is 3.59. The van der Waals surface area contributed by atoms with Gasteiger partial charge < -0.3 is 40.9 Å². The van der Waals surface area contributed by atoms with Gasteiger partial charge in [0.15, 0.2) is 23.9 Å². The fraction of sp³-hybridized carbons (Fsp3) is 0.259. The van der Waals surface area contributed by atoms with Crippen LogP contribution >= 0.6 is 0 Å². The number of ether oxygens (including phenoxy) is 3. The molecule has 6 N–H and O–H groups in total. The van der Waals surface area contributed by atoms with Crippen LogP contribution in [0.4, 0.5) is 11.5 Å². The van der Waals surface area contributed by atoms with Crippen molar-refractivity contribution in [2.45, 2.75) is 27.0 Å². The molecule has 0 radical (unpaired) electrons. The molecule has 1 heterocycles. The van der Waals surface area contributed by atoms with Gasteiger partial charge in [-0.15, -0.1) is 0 Å². The van der Waals surface area contributed by atoms with Crippen molar-refractivity contribution in [3.8, 4) is 11.5 Å². The zero-order chi connectivity index (χ0) is 28.2. The van der Waals surface area contributed by atoms with E-state index in [-0.39, 0.29) is 37.8 Å². The number of aliphatic hydroxyl groups is 1. The molecule has 0 aliphatic carbocycles. The average molecular weight is 538 g/mol. The minimum Gasteiger partial charge on any atom is -0.490 e. The summed E-state index contributed by atoms with van der Waals surface area (Å²) >= 11 is 0. The van der Waals surface area contributed by atoms with Crippen LogP contribution in [0.3, 0.4) is 0 Å². The number of aromatic nitrogens is 1. The Bertz CT molecular complexity index is 1310. The number of anilines is 2. The molecule has 0 aliphatic rings. The molecule has 0 aliphatic heterocycles. The first-order valence-corrected chi connectivity index (χ1v) is 12.2. The highest BCUT2D eigenvalue weighted by molar-refractivity contribution is 6.07. The van der Waals surface area contributed by atoms with Gasteiger partial charge in [0.1, 0.15) is 5.82 Å². The minimum absolute atomic E-state index is 0.0463. The van der Waals surface area contributed by atoms with Crippen LogP contribution in [-0.4, -0.2) is 52.8 Å². The molecule has 0 saturated heterocycles. The van der Waals surface area contributed by atoms with Crippen molar-refractivity contribution in [1.29, 1.82) is 0 Å². The smallest absolute Gasteiger partial charge is 0.344 e. The third kappa shape index (κ3) is 7.82. The number of oxime groups is 1. The Kier molecular flexibility index (Phi) is 10.5. The molecule has 206 valence electrons. The van der Waals surface area contributed by atoms with Crippen LogP contribution in [0.5, 0.6) is 11.5 Å². The van der Waals surface area contributed by atoms with Gasteiger partial charge >= 0.3 is 5.97 Å². The van der Waals surface area contributed by atoms with Crippen LogP contribution in [0.25, 0.3) is 0 Å². The second kappa shape index (κ2) is 14.2. The number of hydrogen-bond donors (Lipinski definition) is 5. The lowest BCUT2D eigenvalue weighted by Gasteiger charge is -2.18. The summed E-state index contributed by atoms with van der Waals surface area (Å²) in [4.78, 5) is 29.3. The molecular weight excluding hydrogens is 506 g/mol. The van der Waals surface area contributed by atoms with E-state index in [9.17, 15) is 14.7 Å². The molecule has 1 amide bonds. The molecule has 39 heavy (non-hydrogen) atoms. The lowest BCUT2D eigenvalue weighted by atomic mass is 10.1. The predicted octanol–water partition coefficient (Wildman–Crippen LogP) is 2.87. The highest BCUT2D eigenvalue weighted by atomic mass is 16.6. The van der Waals surface area contributed by atoms with E-state index in [0.717, 1.165) is 0 Å². The normalized spacial score (nSPS) is 11.0. The maximum Gasteiger partial charge on any atom is 0.344 e. The van der Waals surface area contributed by atoms with Gasteiger partial charge in [-0.05, 0) is 67.9 Å². The zero-order valence-electron chi connectivity index (χ0n) is 21.6. The number of carbonyl (C=O) groups excluding carboxylic acids is 2. The van der Waals surface area contributed by atoms with Crippen LogP contribution < -0.4 is 25.8 Å². The number of amides is 1. The van der Waals surface area contributed by atoms with Crippen LogP contribution in [0.1, 0.15) is 40.9 Å². The molecule has 0 spiro atoms. The molecular formula is C27H31N5O7. The van der Waals surface area contributed by atoms with Gasteiger partial charge in [-0.25, -0.2) is 9.78 Å². The third-order valence-corrected chi connectivity index (χ3v) is 5.36. The van der Waals surface area contributed by atoms with Crippen LogP contribution in [-0.2, 0) is 22.7 Å². The number of esters is 1. The Labute approximate surface area is 225 Å². The first-order chi connectivity index (χ1) is 18.9. The Morgan fingerprint density at radius 2 is 1.85 bits per heavy atom. The number of nitrogens with zero attached hydrogens (tertiary/aromatic N) is 2. The topological polar surface area (TPSA) is 178 Å². The van der Waals surface area contributed by atoms with Crippen molar-refractivity contribution >= 4 is 29.2 Å². The number of pyridine rings is 1. The highest BCUT2D eigenvalue weighted by Crippen LogP contribution is 2.34. The van der Waals surface area contributed by atoms with E-state index < -0.39 is 11.9 Å². The van der Waals surface area contributed by atoms with Crippen molar-refractivity contribution in [3.63, 3.8) is 0 Å². The zero-order valence-corrected chi connectivity index (χ0v) is 21.6. The summed E-state index contributed by atoms with van der Waals surface area (Å²) in [6, 6.07) is 13.1. The molecule has 0 atom stereocenters. The average Bonchev–Trinajstić information content (AvgIpc) is 2.95. The van der Waals surface area contributed by atoms with Crippen molar-refractivity contribution in [2.75, 3.05) is 30.5 Å². The lowest BCUT2D eigenvalue weighted by Crippen LogP contribution is -2.18. The van der Waals surface area contributed by atoms with Crippen molar-refractivity contribution < 1.29 is 34.1 Å². The Hall–Kier alpha value is -4.84. The van der Waals surface area contributed by atoms with Crippen molar-refractivity contribution in [3.05, 3.63) is 77.0 Å². The number of amidine groups is 1. The molecule has 12 heteroatoms. The van der Waals surface area contributed by atoms with Crippen LogP contribution in [0.2, 0.25) is 0 Å². The van der Waals surface area contributed by atoms with Gasteiger partial charge in [0.2, 0.25) is 0 Å². The summed E-state index contributed by atoms with van der Waals surface area (Å²) in [5.41, 5.74) is 8.00. The Morgan fingerprint density at radius 3 is 2.51 bits per heavy atom. The maximum atomic E-state index is 13.1. The monoisotopic (exact) mass is 537 g/mol. The molecule has 3 rings (SSSR count). The van der Waals surface area contributed by atoms with E-state index in [1.54, 1.807) is 68.6 Å². The van der Waals surface area contributed by atoms with Crippen molar-refractivity contribution in [2.24, 2.45) is 10.9 Å². The van der Waals surface area contributed by atoms with Gasteiger partial charge in [0.25, 0.3) is 5.91 Å². The molecule has 12 nitrogen and oxygen atoms in total. The Balaban J connectivity index is 1.82. The van der Waals surface area contributed by atoms with Gasteiger partial charge in [0.05, 0.1) is 25.4 Å². The summed E-state index contributed by atoms with van der Waals surface area (Å²) in [6.45, 7) is 3.63. The molecule has 1 aromatic heterocycles. The summed E-state index contributed by atoms with van der Waals surface area (Å²) in [6.07, 6.45) is 1.54. The second-order valence-corrected chi connectivity index (χ2v) is 8.04. The predicted molar refractivity (Wildman–Crippen MR) is 144 cm³/mol. The summed E-state index contributed by atoms with van der Waals surface area (Å²) in [5.74, 6) is -0.0306. The number of aliphatic hydroxyl groups excluding tert-OH is 1. The SMILES string of the molecule is CCOC(=O)COc1c(CNc2ncccc2C(=O)Nc2ccc(/C(N)=N/O)cc2)cc(CO)cc1OCC. The van der Waals surface area contributed by atoms with Gasteiger partial charge in [-0.1, -0.05) is 5.16 Å². The number of hydrogen-bond acceptors (Lipinski definition) is 10. The first kappa shape index (κ1) is 28.7. The van der Waals surface area contributed by atoms with Crippen molar-refractivity contribution in [1.82, 2.24) is 4.98 Å². The molecule has 3 aromatic rings. The number of benzene rings is 2. The Morgan fingerprint density at radius 1 is 1.08 bits per heavy atom. The third-order valence-electron chi connectivity index (χ3n) is 5.36. The second-order valence-electron chi connectivity index (χ2n) is 8.04. The van der Waals surface area contributed by atoms with Crippen LogP contribution in [0, 0.1) is 0 Å². The molecule has 0 bridgehead atoms. The maximum absolute atomic E-state index is 13.1. The molecule has 0 fully saturated rings. The molecule has 0 saturated carbocycles. The van der Waals surface area contributed by atoms with E-state index in [2.05, 4.69) is 20.8 Å². The number of nitrogens with two attached hydrogens (primary N) is 1. The molecule has 2 aromatic carbocycles. The summed E-state index contributed by atoms with van der Waals surface area (Å²) in [5, 5.41) is 27.4. The number of rotatable bonds is 13. The highest BCUT2D eigenvalue weighted by Gasteiger charge is 2.18. The van der Waals surface area contributed by atoms with E-state index >= 15 is 0 Å². The number of carbonyl (C=O) groups is 2. The summed E-state index contributed by atoms with van der Waals surface area (Å²) < 4.78 is 16.4.